The SMILES string of the molecule is O=C1CN(c2cccc(-n3cc(-c4ccc(Cl)cc4Cl)nc3Cc3ccc(-c4ccc(N5CCC(C6CCCCC6)C5)cc4)cc3)c2)S(=O)(=O)N1. The van der Waals surface area contributed by atoms with Crippen molar-refractivity contribution in [3.05, 3.63) is 119 Å². The summed E-state index contributed by atoms with van der Waals surface area (Å²) in [6.45, 7) is 2.05. The maximum atomic E-state index is 12.6. The minimum atomic E-state index is -3.96. The van der Waals surface area contributed by atoms with Gasteiger partial charge in [0.05, 0.1) is 16.4 Å². The molecule has 1 aromatic heterocycles. The van der Waals surface area contributed by atoms with Crippen LogP contribution in [-0.4, -0.2) is 43.5 Å². The lowest BCUT2D eigenvalue weighted by Crippen LogP contribution is -2.29. The molecule has 3 heterocycles. The molecule has 8 rings (SSSR count). The van der Waals surface area contributed by atoms with Crippen molar-refractivity contribution in [2.24, 2.45) is 11.8 Å². The van der Waals surface area contributed by atoms with Crippen LogP contribution in [0.3, 0.4) is 0 Å². The van der Waals surface area contributed by atoms with Crippen LogP contribution in [0.5, 0.6) is 0 Å². The van der Waals surface area contributed by atoms with E-state index in [-0.39, 0.29) is 6.54 Å². The molecule has 0 bridgehead atoms. The van der Waals surface area contributed by atoms with E-state index < -0.39 is 16.1 Å². The fourth-order valence-corrected chi connectivity index (χ4v) is 9.59. The van der Waals surface area contributed by atoms with Gasteiger partial charge in [0.25, 0.3) is 5.91 Å². The zero-order valence-electron chi connectivity index (χ0n) is 28.1. The van der Waals surface area contributed by atoms with Crippen LogP contribution >= 0.6 is 23.2 Å². The third-order valence-corrected chi connectivity index (χ3v) is 12.6. The molecule has 1 atom stereocenters. The third kappa shape index (κ3) is 7.12. The number of aromatic nitrogens is 2. The minimum absolute atomic E-state index is 0.275. The second-order valence-corrected chi connectivity index (χ2v) is 16.3. The van der Waals surface area contributed by atoms with E-state index in [0.29, 0.717) is 33.5 Å². The number of hydrogen-bond donors (Lipinski definition) is 1. The molecule has 0 radical (unpaired) electrons. The standard InChI is InChI=1S/C40H39Cl2N5O3S/c41-32-15-18-36(37(42)22-32)38-25-46(34-7-4-8-35(23-34)47-26-40(48)44-51(47,49)50)39(43-38)21-27-9-11-29(12-10-27)30-13-16-33(17-14-30)45-20-19-31(24-45)28-5-2-1-3-6-28/h4,7-18,22-23,25,28,31H,1-3,5-6,19-21,24,26H2,(H,44,48). The van der Waals surface area contributed by atoms with E-state index in [0.717, 1.165) is 45.2 Å². The van der Waals surface area contributed by atoms with Crippen LogP contribution < -0.4 is 13.9 Å². The Morgan fingerprint density at radius 3 is 2.22 bits per heavy atom. The Balaban J connectivity index is 1.04. The first-order valence-corrected chi connectivity index (χ1v) is 19.8. The molecule has 51 heavy (non-hydrogen) atoms. The van der Waals surface area contributed by atoms with Crippen LogP contribution in [0.15, 0.2) is 97.2 Å². The van der Waals surface area contributed by atoms with E-state index in [1.807, 2.05) is 27.6 Å². The molecule has 3 fully saturated rings. The number of nitrogens with zero attached hydrogens (tertiary/aromatic N) is 4. The summed E-state index contributed by atoms with van der Waals surface area (Å²) in [4.78, 5) is 19.5. The molecule has 2 aliphatic heterocycles. The highest BCUT2D eigenvalue weighted by Gasteiger charge is 2.34. The summed E-state index contributed by atoms with van der Waals surface area (Å²) in [6, 6.07) is 29.9. The van der Waals surface area contributed by atoms with Gasteiger partial charge in [-0.1, -0.05) is 97.8 Å². The summed E-state index contributed by atoms with van der Waals surface area (Å²) < 4.78 is 30.2. The fourth-order valence-electron chi connectivity index (χ4n) is 7.94. The summed E-state index contributed by atoms with van der Waals surface area (Å²) in [5.41, 5.74) is 7.15. The average molecular weight is 741 g/mol. The fraction of sp³-hybridized carbons (Fsp3) is 0.300. The number of imidazole rings is 1. The number of carbonyl (C=O) groups is 1. The van der Waals surface area contributed by atoms with Gasteiger partial charge in [-0.25, -0.2) is 14.0 Å². The molecule has 8 nitrogen and oxygen atoms in total. The lowest BCUT2D eigenvalue weighted by molar-refractivity contribution is -0.117. The van der Waals surface area contributed by atoms with Gasteiger partial charge in [0.2, 0.25) is 0 Å². The van der Waals surface area contributed by atoms with Gasteiger partial charge in [-0.3, -0.25) is 4.79 Å². The van der Waals surface area contributed by atoms with Crippen LogP contribution in [0, 0.1) is 11.8 Å². The highest BCUT2D eigenvalue weighted by molar-refractivity contribution is 7.92. The van der Waals surface area contributed by atoms with Crippen molar-refractivity contribution >= 4 is 50.7 Å². The molecule has 1 saturated carbocycles. The Kier molecular flexibility index (Phi) is 9.29. The Morgan fingerprint density at radius 2 is 1.51 bits per heavy atom. The van der Waals surface area contributed by atoms with Crippen LogP contribution in [0.4, 0.5) is 11.4 Å². The van der Waals surface area contributed by atoms with Gasteiger partial charge in [-0.2, -0.15) is 8.42 Å². The van der Waals surface area contributed by atoms with Gasteiger partial charge in [-0.15, -0.1) is 0 Å². The van der Waals surface area contributed by atoms with Crippen molar-refractivity contribution in [2.75, 3.05) is 28.8 Å². The lowest BCUT2D eigenvalue weighted by Gasteiger charge is -2.28. The first-order valence-electron chi connectivity index (χ1n) is 17.6. The first-order chi connectivity index (χ1) is 24.7. The molecule has 3 aliphatic rings. The predicted molar refractivity (Wildman–Crippen MR) is 205 cm³/mol. The van der Waals surface area contributed by atoms with E-state index in [1.165, 1.54) is 56.3 Å². The zero-order chi connectivity index (χ0) is 35.1. The quantitative estimate of drug-likeness (QED) is 0.172. The van der Waals surface area contributed by atoms with Crippen molar-refractivity contribution < 1.29 is 13.2 Å². The topological polar surface area (TPSA) is 87.5 Å². The molecule has 5 aromatic rings. The summed E-state index contributed by atoms with van der Waals surface area (Å²) in [5.74, 6) is 1.91. The number of carbonyl (C=O) groups excluding carboxylic acids is 1. The summed E-state index contributed by atoms with van der Waals surface area (Å²) in [6.07, 6.45) is 10.7. The van der Waals surface area contributed by atoms with E-state index in [9.17, 15) is 13.2 Å². The molecule has 1 N–H and O–H groups in total. The van der Waals surface area contributed by atoms with Gasteiger partial charge < -0.3 is 9.47 Å². The maximum absolute atomic E-state index is 12.6. The van der Waals surface area contributed by atoms with Crippen LogP contribution in [-0.2, 0) is 21.4 Å². The molecule has 0 spiro atoms. The Labute approximate surface area is 309 Å². The molecule has 262 valence electrons. The zero-order valence-corrected chi connectivity index (χ0v) is 30.5. The summed E-state index contributed by atoms with van der Waals surface area (Å²) >= 11 is 12.8. The normalized spacial score (nSPS) is 19.1. The molecule has 2 saturated heterocycles. The largest absolute Gasteiger partial charge is 0.371 e. The Bertz CT molecular complexity index is 2180. The van der Waals surface area contributed by atoms with Crippen molar-refractivity contribution in [2.45, 2.75) is 44.9 Å². The van der Waals surface area contributed by atoms with Crippen molar-refractivity contribution in [3.8, 4) is 28.1 Å². The molecular formula is C40H39Cl2N5O3S. The number of benzene rings is 4. The van der Waals surface area contributed by atoms with Gasteiger partial charge in [-0.05, 0) is 83.5 Å². The minimum Gasteiger partial charge on any atom is -0.371 e. The van der Waals surface area contributed by atoms with E-state index in [4.69, 9.17) is 28.2 Å². The molecule has 1 unspecified atom stereocenters. The van der Waals surface area contributed by atoms with Gasteiger partial charge in [0.1, 0.15) is 12.4 Å². The number of amides is 1. The second-order valence-electron chi connectivity index (χ2n) is 13.9. The summed E-state index contributed by atoms with van der Waals surface area (Å²) in [7, 11) is -3.96. The highest BCUT2D eigenvalue weighted by Crippen LogP contribution is 2.37. The van der Waals surface area contributed by atoms with Gasteiger partial charge in [0, 0.05) is 47.7 Å². The van der Waals surface area contributed by atoms with E-state index >= 15 is 0 Å². The average Bonchev–Trinajstić information content (AvgIpc) is 3.86. The smallest absolute Gasteiger partial charge is 0.326 e. The number of anilines is 2. The Hall–Kier alpha value is -4.31. The maximum Gasteiger partial charge on any atom is 0.326 e. The summed E-state index contributed by atoms with van der Waals surface area (Å²) in [5, 5.41) is 1.00. The Morgan fingerprint density at radius 1 is 0.784 bits per heavy atom. The lowest BCUT2D eigenvalue weighted by atomic mass is 9.80. The van der Waals surface area contributed by atoms with Crippen LogP contribution in [0.25, 0.3) is 28.1 Å². The third-order valence-electron chi connectivity index (χ3n) is 10.6. The molecule has 1 aliphatic carbocycles. The van der Waals surface area contributed by atoms with Gasteiger partial charge in [0.15, 0.2) is 0 Å². The van der Waals surface area contributed by atoms with Crippen molar-refractivity contribution in [1.82, 2.24) is 14.3 Å². The van der Waals surface area contributed by atoms with Gasteiger partial charge >= 0.3 is 10.2 Å². The molecular weight excluding hydrogens is 701 g/mol. The molecule has 1 amide bonds. The van der Waals surface area contributed by atoms with Crippen LogP contribution in [0.1, 0.15) is 49.9 Å². The number of rotatable bonds is 8. The second kappa shape index (κ2) is 14.0. The number of hydrogen-bond acceptors (Lipinski definition) is 5. The highest BCUT2D eigenvalue weighted by atomic mass is 35.5. The predicted octanol–water partition coefficient (Wildman–Crippen LogP) is 8.69. The number of halogens is 2. The monoisotopic (exact) mass is 739 g/mol. The first kappa shape index (κ1) is 33.8. The van der Waals surface area contributed by atoms with E-state index in [2.05, 4.69) is 53.4 Å². The van der Waals surface area contributed by atoms with Crippen molar-refractivity contribution in [1.29, 1.82) is 0 Å². The molecule has 11 heteroatoms. The van der Waals surface area contributed by atoms with Crippen molar-refractivity contribution in [3.63, 3.8) is 0 Å². The van der Waals surface area contributed by atoms with E-state index in [1.54, 1.807) is 30.3 Å². The molecule has 4 aromatic carbocycles. The number of nitrogens with one attached hydrogen (secondary N) is 1. The van der Waals surface area contributed by atoms with Crippen LogP contribution in [0.2, 0.25) is 10.0 Å².